The second-order valence-electron chi connectivity index (χ2n) is 6.84. The maximum Gasteiger partial charge on any atom is 0.230 e. The van der Waals surface area contributed by atoms with Crippen LogP contribution in [0.25, 0.3) is 0 Å². The van der Waals surface area contributed by atoms with Crippen molar-refractivity contribution in [3.05, 3.63) is 41.7 Å². The van der Waals surface area contributed by atoms with Crippen molar-refractivity contribution in [3.63, 3.8) is 0 Å². The molecule has 1 aliphatic carbocycles. The molecular formula is C19H26N4OS. The number of carbonyl (C=O) groups excluding carboxylic acids is 1. The predicted octanol–water partition coefficient (Wildman–Crippen LogP) is 3.19. The van der Waals surface area contributed by atoms with Crippen LogP contribution in [-0.4, -0.2) is 32.5 Å². The molecule has 1 amide bonds. The molecule has 0 aliphatic heterocycles. The summed E-state index contributed by atoms with van der Waals surface area (Å²) < 4.78 is 1.98. The molecule has 0 saturated heterocycles. The Bertz CT molecular complexity index is 701. The Hall–Kier alpha value is -1.82. The van der Waals surface area contributed by atoms with Gasteiger partial charge in [-0.25, -0.2) is 0 Å². The number of nitrogens with zero attached hydrogens (tertiary/aromatic N) is 3. The van der Waals surface area contributed by atoms with Crippen molar-refractivity contribution in [3.8, 4) is 0 Å². The number of benzene rings is 1. The van der Waals surface area contributed by atoms with Crippen LogP contribution in [0.5, 0.6) is 0 Å². The normalized spacial score (nSPS) is 20.4. The Morgan fingerprint density at radius 2 is 2.00 bits per heavy atom. The molecule has 0 bridgehead atoms. The second-order valence-corrected chi connectivity index (χ2v) is 7.79. The predicted molar refractivity (Wildman–Crippen MR) is 101 cm³/mol. The fraction of sp³-hybridized carbons (Fsp3) is 0.526. The quantitative estimate of drug-likeness (QED) is 0.806. The Morgan fingerprint density at radius 3 is 2.76 bits per heavy atom. The van der Waals surface area contributed by atoms with Crippen molar-refractivity contribution in [2.45, 2.75) is 50.2 Å². The van der Waals surface area contributed by atoms with Crippen molar-refractivity contribution in [2.24, 2.45) is 13.0 Å². The highest BCUT2D eigenvalue weighted by atomic mass is 32.2. The molecule has 25 heavy (non-hydrogen) atoms. The van der Waals surface area contributed by atoms with Gasteiger partial charge in [-0.05, 0) is 24.3 Å². The maximum absolute atomic E-state index is 12.2. The molecule has 1 aromatic heterocycles. The zero-order valence-corrected chi connectivity index (χ0v) is 15.8. The molecule has 1 N–H and O–H groups in total. The average molecular weight is 359 g/mol. The third-order valence-electron chi connectivity index (χ3n) is 4.92. The summed E-state index contributed by atoms with van der Waals surface area (Å²) >= 11 is 1.45. The van der Waals surface area contributed by atoms with Crippen LogP contribution in [0.1, 0.15) is 44.0 Å². The summed E-state index contributed by atoms with van der Waals surface area (Å²) in [5.74, 6) is 1.97. The lowest BCUT2D eigenvalue weighted by molar-refractivity contribution is -0.119. The highest BCUT2D eigenvalue weighted by Gasteiger charge is 2.23. The lowest BCUT2D eigenvalue weighted by Gasteiger charge is -2.29. The summed E-state index contributed by atoms with van der Waals surface area (Å²) in [6.45, 7) is 2.23. The van der Waals surface area contributed by atoms with E-state index in [1.165, 1.54) is 36.6 Å². The molecule has 1 heterocycles. The highest BCUT2D eigenvalue weighted by molar-refractivity contribution is 7.99. The van der Waals surface area contributed by atoms with E-state index in [1.807, 2.05) is 29.8 Å². The van der Waals surface area contributed by atoms with E-state index in [0.29, 0.717) is 17.7 Å². The first-order chi connectivity index (χ1) is 12.1. The van der Waals surface area contributed by atoms with Gasteiger partial charge in [-0.15, -0.1) is 10.2 Å². The molecular weight excluding hydrogens is 332 g/mol. The molecule has 0 spiro atoms. The molecule has 1 saturated carbocycles. The Labute approximate surface area is 153 Å². The minimum atomic E-state index is 0.0939. The number of thioether (sulfide) groups is 1. The fourth-order valence-electron chi connectivity index (χ4n) is 3.31. The van der Waals surface area contributed by atoms with Gasteiger partial charge in [0.1, 0.15) is 5.82 Å². The zero-order chi connectivity index (χ0) is 17.6. The van der Waals surface area contributed by atoms with Gasteiger partial charge >= 0.3 is 0 Å². The van der Waals surface area contributed by atoms with E-state index >= 15 is 0 Å². The highest BCUT2D eigenvalue weighted by Crippen LogP contribution is 2.24. The van der Waals surface area contributed by atoms with Gasteiger partial charge in [-0.3, -0.25) is 4.79 Å². The molecule has 1 aliphatic rings. The number of aromatic nitrogens is 3. The molecule has 1 fully saturated rings. The molecule has 5 nitrogen and oxygen atoms in total. The van der Waals surface area contributed by atoms with Crippen molar-refractivity contribution in [1.82, 2.24) is 20.1 Å². The summed E-state index contributed by atoms with van der Waals surface area (Å²) in [6.07, 6.45) is 5.56. The number of rotatable bonds is 6. The van der Waals surface area contributed by atoms with E-state index in [-0.39, 0.29) is 5.91 Å². The van der Waals surface area contributed by atoms with Crippen LogP contribution < -0.4 is 5.32 Å². The van der Waals surface area contributed by atoms with Gasteiger partial charge in [-0.1, -0.05) is 61.9 Å². The first-order valence-corrected chi connectivity index (χ1v) is 9.96. The largest absolute Gasteiger partial charge is 0.352 e. The minimum Gasteiger partial charge on any atom is -0.352 e. The van der Waals surface area contributed by atoms with E-state index in [1.54, 1.807) is 0 Å². The van der Waals surface area contributed by atoms with Crippen LogP contribution in [0.4, 0.5) is 0 Å². The minimum absolute atomic E-state index is 0.0939. The van der Waals surface area contributed by atoms with E-state index < -0.39 is 0 Å². The molecule has 1 aromatic carbocycles. The number of hydrogen-bond acceptors (Lipinski definition) is 4. The molecule has 134 valence electrons. The molecule has 3 rings (SSSR count). The van der Waals surface area contributed by atoms with Gasteiger partial charge in [0.15, 0.2) is 5.16 Å². The van der Waals surface area contributed by atoms with Gasteiger partial charge in [0.25, 0.3) is 0 Å². The third kappa shape index (κ3) is 4.84. The van der Waals surface area contributed by atoms with E-state index in [4.69, 9.17) is 0 Å². The zero-order valence-electron chi connectivity index (χ0n) is 14.9. The summed E-state index contributed by atoms with van der Waals surface area (Å²) in [7, 11) is 1.96. The molecule has 0 radical (unpaired) electrons. The Morgan fingerprint density at radius 1 is 1.24 bits per heavy atom. The molecule has 2 aromatic rings. The topological polar surface area (TPSA) is 59.8 Å². The summed E-state index contributed by atoms with van der Waals surface area (Å²) in [5.41, 5.74) is 1.21. The molecule has 6 heteroatoms. The van der Waals surface area contributed by atoms with Gasteiger partial charge in [-0.2, -0.15) is 0 Å². The molecule has 2 atom stereocenters. The van der Waals surface area contributed by atoms with Gasteiger partial charge < -0.3 is 9.88 Å². The van der Waals surface area contributed by atoms with E-state index in [0.717, 1.165) is 23.8 Å². The number of nitrogens with one attached hydrogen (secondary N) is 1. The van der Waals surface area contributed by atoms with Crippen molar-refractivity contribution >= 4 is 17.7 Å². The Kier molecular flexibility index (Phi) is 6.13. The van der Waals surface area contributed by atoms with E-state index in [9.17, 15) is 4.79 Å². The lowest BCUT2D eigenvalue weighted by atomic mass is 9.86. The van der Waals surface area contributed by atoms with E-state index in [2.05, 4.69) is 34.6 Å². The summed E-state index contributed by atoms with van der Waals surface area (Å²) in [5, 5.41) is 12.5. The second kappa shape index (κ2) is 8.52. The summed E-state index contributed by atoms with van der Waals surface area (Å²) in [4.78, 5) is 12.2. The van der Waals surface area contributed by atoms with Crippen LogP contribution >= 0.6 is 11.8 Å². The lowest BCUT2D eigenvalue weighted by Crippen LogP contribution is -2.41. The number of hydrogen-bond donors (Lipinski definition) is 1. The fourth-order valence-corrected chi connectivity index (χ4v) is 4.05. The first kappa shape index (κ1) is 18.0. The van der Waals surface area contributed by atoms with Crippen LogP contribution in [0.15, 0.2) is 35.5 Å². The van der Waals surface area contributed by atoms with Gasteiger partial charge in [0.05, 0.1) is 5.75 Å². The van der Waals surface area contributed by atoms with Crippen LogP contribution in [0.3, 0.4) is 0 Å². The van der Waals surface area contributed by atoms with Crippen LogP contribution in [0, 0.1) is 5.92 Å². The SMILES string of the molecule is C[C@H]1CCCC[C@H]1NC(=O)CSc1nnc(Cc2ccccc2)n1C. The maximum atomic E-state index is 12.2. The summed E-state index contributed by atoms with van der Waals surface area (Å²) in [6, 6.07) is 10.6. The Balaban J connectivity index is 1.52. The van der Waals surface area contributed by atoms with Crippen LogP contribution in [-0.2, 0) is 18.3 Å². The van der Waals surface area contributed by atoms with Gasteiger partial charge in [0.2, 0.25) is 5.91 Å². The molecule has 0 unspecified atom stereocenters. The number of amides is 1. The smallest absolute Gasteiger partial charge is 0.230 e. The van der Waals surface area contributed by atoms with Crippen molar-refractivity contribution in [2.75, 3.05) is 5.75 Å². The third-order valence-corrected chi connectivity index (χ3v) is 5.94. The average Bonchev–Trinajstić information content (AvgIpc) is 2.96. The monoisotopic (exact) mass is 358 g/mol. The number of carbonyl (C=O) groups is 1. The van der Waals surface area contributed by atoms with Crippen LogP contribution in [0.2, 0.25) is 0 Å². The standard InChI is InChI=1S/C19H26N4OS/c1-14-8-6-7-11-16(14)20-18(24)13-25-19-22-21-17(23(19)2)12-15-9-4-3-5-10-15/h3-5,9-10,14,16H,6-8,11-13H2,1-2H3,(H,20,24)/t14-,16+/m0/s1. The van der Waals surface area contributed by atoms with Crippen molar-refractivity contribution in [1.29, 1.82) is 0 Å². The first-order valence-electron chi connectivity index (χ1n) is 8.98. The van der Waals surface area contributed by atoms with Crippen molar-refractivity contribution < 1.29 is 4.79 Å². The van der Waals surface area contributed by atoms with Gasteiger partial charge in [0, 0.05) is 19.5 Å².